The number of nitrogens with one attached hydrogen (secondary N) is 1. The van der Waals surface area contributed by atoms with E-state index in [9.17, 15) is 9.18 Å². The molecule has 26 heavy (non-hydrogen) atoms. The Morgan fingerprint density at radius 2 is 2.12 bits per heavy atom. The quantitative estimate of drug-likeness (QED) is 0.875. The average molecular weight is 377 g/mol. The highest BCUT2D eigenvalue weighted by molar-refractivity contribution is 6.31. The monoisotopic (exact) mass is 376 g/mol. The number of likely N-dealkylation sites (tertiary alicyclic amines) is 1. The summed E-state index contributed by atoms with van der Waals surface area (Å²) < 4.78 is 14.1. The second-order valence-electron chi connectivity index (χ2n) is 7.01. The normalized spacial score (nSPS) is 19.6. The SMILES string of the molecule is CCN1CCc2[nH]cnc2C12CCN(C(=O)c1cc(Cl)ccc1F)CC2. The van der Waals surface area contributed by atoms with E-state index in [4.69, 9.17) is 11.6 Å². The molecule has 0 bridgehead atoms. The van der Waals surface area contributed by atoms with Crippen molar-refractivity contribution in [1.29, 1.82) is 0 Å². The maximum atomic E-state index is 14.1. The first kappa shape index (κ1) is 17.5. The predicted molar refractivity (Wildman–Crippen MR) is 97.8 cm³/mol. The largest absolute Gasteiger partial charge is 0.348 e. The number of benzene rings is 1. The molecule has 0 radical (unpaired) electrons. The molecule has 1 N–H and O–H groups in total. The van der Waals surface area contributed by atoms with Crippen LogP contribution in [0.5, 0.6) is 0 Å². The summed E-state index contributed by atoms with van der Waals surface area (Å²) in [5.74, 6) is -0.817. The summed E-state index contributed by atoms with van der Waals surface area (Å²) in [5, 5.41) is 0.369. The number of rotatable bonds is 2. The maximum Gasteiger partial charge on any atom is 0.256 e. The van der Waals surface area contributed by atoms with Crippen LogP contribution in [-0.2, 0) is 12.0 Å². The van der Waals surface area contributed by atoms with Crippen molar-refractivity contribution in [1.82, 2.24) is 19.8 Å². The molecule has 2 aliphatic rings. The van der Waals surface area contributed by atoms with Gasteiger partial charge in [-0.05, 0) is 37.6 Å². The Bertz CT molecular complexity index is 829. The summed E-state index contributed by atoms with van der Waals surface area (Å²) >= 11 is 5.94. The fourth-order valence-corrected chi connectivity index (χ4v) is 4.62. The number of hydrogen-bond donors (Lipinski definition) is 1. The number of amides is 1. The number of hydrogen-bond acceptors (Lipinski definition) is 3. The number of aromatic nitrogens is 2. The predicted octanol–water partition coefficient (Wildman–Crippen LogP) is 3.21. The number of aromatic amines is 1. The molecular formula is C19H22ClFN4O. The summed E-state index contributed by atoms with van der Waals surface area (Å²) in [6.07, 6.45) is 4.34. The van der Waals surface area contributed by atoms with Gasteiger partial charge in [0.25, 0.3) is 5.91 Å². The van der Waals surface area contributed by atoms with Crippen LogP contribution in [-0.4, -0.2) is 51.9 Å². The summed E-state index contributed by atoms with van der Waals surface area (Å²) in [7, 11) is 0. The minimum atomic E-state index is -0.526. The first-order valence-corrected chi connectivity index (χ1v) is 9.45. The van der Waals surface area contributed by atoms with Crippen LogP contribution in [0.3, 0.4) is 0 Å². The number of imidazole rings is 1. The fraction of sp³-hybridized carbons (Fsp3) is 0.474. The second kappa shape index (κ2) is 6.67. The van der Waals surface area contributed by atoms with Crippen LogP contribution in [0.1, 0.15) is 41.5 Å². The van der Waals surface area contributed by atoms with Gasteiger partial charge in [0.15, 0.2) is 0 Å². The van der Waals surface area contributed by atoms with E-state index in [0.29, 0.717) is 18.1 Å². The number of fused-ring (bicyclic) bond motifs is 2. The number of H-pyrrole nitrogens is 1. The minimum absolute atomic E-state index is 0.0462. The summed E-state index contributed by atoms with van der Waals surface area (Å²) in [5.41, 5.74) is 2.23. The van der Waals surface area contributed by atoms with Crippen LogP contribution in [0.15, 0.2) is 24.5 Å². The maximum absolute atomic E-state index is 14.1. The summed E-state index contributed by atoms with van der Waals surface area (Å²) in [4.78, 5) is 24.9. The third-order valence-electron chi connectivity index (χ3n) is 5.81. The second-order valence-corrected chi connectivity index (χ2v) is 7.44. The van der Waals surface area contributed by atoms with Crippen molar-refractivity contribution in [3.63, 3.8) is 0 Å². The molecule has 0 unspecified atom stereocenters. The number of nitrogens with zero attached hydrogens (tertiary/aromatic N) is 3. The molecule has 1 fully saturated rings. The molecule has 1 amide bonds. The van der Waals surface area contributed by atoms with E-state index in [1.807, 2.05) is 0 Å². The summed E-state index contributed by atoms with van der Waals surface area (Å²) in [6.45, 7) is 5.26. The van der Waals surface area contributed by atoms with Gasteiger partial charge in [0.2, 0.25) is 0 Å². The molecule has 138 valence electrons. The van der Waals surface area contributed by atoms with E-state index in [2.05, 4.69) is 21.8 Å². The van der Waals surface area contributed by atoms with Crippen LogP contribution in [0.25, 0.3) is 0 Å². The minimum Gasteiger partial charge on any atom is -0.348 e. The Morgan fingerprint density at radius 1 is 1.35 bits per heavy atom. The van der Waals surface area contributed by atoms with Crippen LogP contribution < -0.4 is 0 Å². The van der Waals surface area contributed by atoms with E-state index < -0.39 is 5.82 Å². The van der Waals surface area contributed by atoms with Gasteiger partial charge >= 0.3 is 0 Å². The first-order valence-electron chi connectivity index (χ1n) is 9.07. The van der Waals surface area contributed by atoms with Crippen molar-refractivity contribution in [3.8, 4) is 0 Å². The molecule has 3 heterocycles. The summed E-state index contributed by atoms with van der Waals surface area (Å²) in [6, 6.07) is 4.12. The highest BCUT2D eigenvalue weighted by Crippen LogP contribution is 2.42. The van der Waals surface area contributed by atoms with Crippen molar-refractivity contribution < 1.29 is 9.18 Å². The fourth-order valence-electron chi connectivity index (χ4n) is 4.45. The lowest BCUT2D eigenvalue weighted by molar-refractivity contribution is 0.0101. The molecule has 1 saturated heterocycles. The first-order chi connectivity index (χ1) is 12.5. The molecule has 1 aromatic heterocycles. The van der Waals surface area contributed by atoms with E-state index in [1.54, 1.807) is 11.2 Å². The van der Waals surface area contributed by atoms with E-state index in [-0.39, 0.29) is 17.0 Å². The van der Waals surface area contributed by atoms with E-state index >= 15 is 0 Å². The van der Waals surface area contributed by atoms with Gasteiger partial charge < -0.3 is 9.88 Å². The molecule has 4 rings (SSSR count). The Labute approximate surface area is 157 Å². The van der Waals surface area contributed by atoms with Gasteiger partial charge in [-0.25, -0.2) is 9.37 Å². The van der Waals surface area contributed by atoms with Gasteiger partial charge in [0, 0.05) is 36.8 Å². The number of piperidine rings is 1. The zero-order valence-corrected chi connectivity index (χ0v) is 15.5. The number of likely N-dealkylation sites (N-methyl/N-ethyl adjacent to an activating group) is 1. The highest BCUT2D eigenvalue weighted by Gasteiger charge is 2.46. The molecule has 1 spiro atoms. The third kappa shape index (κ3) is 2.72. The van der Waals surface area contributed by atoms with Crippen LogP contribution in [0.4, 0.5) is 4.39 Å². The Hall–Kier alpha value is -1.92. The van der Waals surface area contributed by atoms with E-state index in [1.165, 1.54) is 23.9 Å². The van der Waals surface area contributed by atoms with Gasteiger partial charge in [-0.3, -0.25) is 9.69 Å². The van der Waals surface area contributed by atoms with Gasteiger partial charge in [0.05, 0.1) is 23.1 Å². The van der Waals surface area contributed by atoms with Gasteiger partial charge in [0.1, 0.15) is 5.82 Å². The Morgan fingerprint density at radius 3 is 2.85 bits per heavy atom. The van der Waals surface area contributed by atoms with Crippen LogP contribution in [0.2, 0.25) is 5.02 Å². The van der Waals surface area contributed by atoms with Crippen molar-refractivity contribution in [2.45, 2.75) is 31.7 Å². The smallest absolute Gasteiger partial charge is 0.256 e. The average Bonchev–Trinajstić information content (AvgIpc) is 3.14. The standard InChI is InChI=1S/C19H22ClFN4O/c1-2-25-8-5-16-17(23-12-22-16)19(25)6-9-24(10-7-19)18(26)14-11-13(20)3-4-15(14)21/h3-4,11-12H,2,5-10H2,1H3,(H,22,23). The molecule has 1 aromatic carbocycles. The van der Waals surface area contributed by atoms with Crippen molar-refractivity contribution in [3.05, 3.63) is 52.3 Å². The van der Waals surface area contributed by atoms with Gasteiger partial charge in [-0.1, -0.05) is 18.5 Å². The van der Waals surface area contributed by atoms with Gasteiger partial charge in [-0.15, -0.1) is 0 Å². The molecule has 0 aliphatic carbocycles. The van der Waals surface area contributed by atoms with Crippen molar-refractivity contribution in [2.24, 2.45) is 0 Å². The highest BCUT2D eigenvalue weighted by atomic mass is 35.5. The van der Waals surface area contributed by atoms with Crippen molar-refractivity contribution in [2.75, 3.05) is 26.2 Å². The van der Waals surface area contributed by atoms with Crippen LogP contribution in [0, 0.1) is 5.82 Å². The lowest BCUT2D eigenvalue weighted by atomic mass is 9.78. The van der Waals surface area contributed by atoms with Crippen molar-refractivity contribution >= 4 is 17.5 Å². The Balaban J connectivity index is 1.57. The molecule has 2 aromatic rings. The zero-order chi connectivity index (χ0) is 18.3. The van der Waals surface area contributed by atoms with Gasteiger partial charge in [-0.2, -0.15) is 0 Å². The third-order valence-corrected chi connectivity index (χ3v) is 6.05. The number of halogens is 2. The number of carbonyl (C=O) groups excluding carboxylic acids is 1. The zero-order valence-electron chi connectivity index (χ0n) is 14.8. The topological polar surface area (TPSA) is 52.2 Å². The van der Waals surface area contributed by atoms with E-state index in [0.717, 1.165) is 38.0 Å². The Kier molecular flexibility index (Phi) is 4.49. The molecule has 2 aliphatic heterocycles. The molecular weight excluding hydrogens is 355 g/mol. The lowest BCUT2D eigenvalue weighted by Gasteiger charge is -2.50. The number of carbonyl (C=O) groups is 1. The molecule has 0 atom stereocenters. The molecule has 5 nitrogen and oxygen atoms in total. The van der Waals surface area contributed by atoms with Crippen LogP contribution >= 0.6 is 11.6 Å². The lowest BCUT2D eigenvalue weighted by Crippen LogP contribution is -2.57. The molecule has 0 saturated carbocycles. The molecule has 7 heteroatoms.